The van der Waals surface area contributed by atoms with Crippen LogP contribution in [0.1, 0.15) is 24.5 Å². The average Bonchev–Trinajstić information content (AvgIpc) is 2.85. The lowest BCUT2D eigenvalue weighted by molar-refractivity contribution is -0.276. The minimum Gasteiger partial charge on any atom is -0.429 e. The Morgan fingerprint density at radius 1 is 0.585 bits per heavy atom. The van der Waals surface area contributed by atoms with Crippen LogP contribution in [-0.2, 0) is 12.5 Å². The van der Waals surface area contributed by atoms with Gasteiger partial charge in [-0.3, -0.25) is 0 Å². The lowest BCUT2D eigenvalue weighted by Crippen LogP contribution is -2.25. The molecule has 0 aliphatic heterocycles. The van der Waals surface area contributed by atoms with Crippen molar-refractivity contribution in [2.45, 2.75) is 32.2 Å². The van der Waals surface area contributed by atoms with Crippen molar-refractivity contribution in [2.75, 3.05) is 0 Å². The van der Waals surface area contributed by atoms with Crippen molar-refractivity contribution in [1.82, 2.24) is 0 Å². The molecule has 0 radical (unpaired) electrons. The van der Waals surface area contributed by atoms with E-state index in [4.69, 9.17) is 0 Å². The third kappa shape index (κ3) is 6.75. The van der Waals surface area contributed by atoms with Crippen LogP contribution in [0.15, 0.2) is 66.7 Å². The van der Waals surface area contributed by atoms with Crippen molar-refractivity contribution in [1.29, 1.82) is 0 Å². The van der Waals surface area contributed by atoms with Crippen molar-refractivity contribution in [3.05, 3.63) is 107 Å². The molecule has 4 aromatic rings. The zero-order valence-corrected chi connectivity index (χ0v) is 20.9. The Morgan fingerprint density at radius 3 is 1.63 bits per heavy atom. The highest BCUT2D eigenvalue weighted by Gasteiger charge is 2.42. The molecular formula is C29H18F10O2. The molecule has 41 heavy (non-hydrogen) atoms. The van der Waals surface area contributed by atoms with Gasteiger partial charge in [0.25, 0.3) is 0 Å². The van der Waals surface area contributed by atoms with Crippen LogP contribution in [0, 0.1) is 29.1 Å². The van der Waals surface area contributed by atoms with E-state index >= 15 is 0 Å². The van der Waals surface area contributed by atoms with Gasteiger partial charge in [0.2, 0.25) is 5.75 Å². The molecule has 216 valence electrons. The molecule has 0 unspecified atom stereocenters. The van der Waals surface area contributed by atoms with Crippen molar-refractivity contribution in [2.24, 2.45) is 0 Å². The minimum absolute atomic E-state index is 0.0868. The zero-order valence-electron chi connectivity index (χ0n) is 20.9. The predicted octanol–water partition coefficient (Wildman–Crippen LogP) is 9.70. The average molecular weight is 588 g/mol. The number of hydrogen-bond acceptors (Lipinski definition) is 2. The molecule has 0 heterocycles. The Morgan fingerprint density at radius 2 is 1.12 bits per heavy atom. The van der Waals surface area contributed by atoms with Crippen molar-refractivity contribution in [3.8, 4) is 33.8 Å². The number of hydrogen-bond donors (Lipinski definition) is 0. The van der Waals surface area contributed by atoms with Crippen LogP contribution in [-0.4, -0.2) is 6.36 Å². The first-order valence-corrected chi connectivity index (χ1v) is 11.9. The number of ether oxygens (including phenoxy) is 2. The summed E-state index contributed by atoms with van der Waals surface area (Å²) >= 11 is 0. The van der Waals surface area contributed by atoms with E-state index in [-0.39, 0.29) is 17.7 Å². The third-order valence-corrected chi connectivity index (χ3v) is 5.87. The Labute approximate surface area is 226 Å². The Kier molecular flexibility index (Phi) is 8.23. The molecule has 0 aliphatic carbocycles. The lowest BCUT2D eigenvalue weighted by Gasteiger charge is -2.21. The molecule has 12 heteroatoms. The topological polar surface area (TPSA) is 18.5 Å². The zero-order chi connectivity index (χ0) is 30.1. The largest absolute Gasteiger partial charge is 0.573 e. The van der Waals surface area contributed by atoms with E-state index in [2.05, 4.69) is 9.47 Å². The Bertz CT molecular complexity index is 1520. The molecule has 0 fully saturated rings. The summed E-state index contributed by atoms with van der Waals surface area (Å²) in [5.74, 6) is -12.2. The summed E-state index contributed by atoms with van der Waals surface area (Å²) in [6.07, 6.45) is -8.59. The molecule has 2 nitrogen and oxygen atoms in total. The summed E-state index contributed by atoms with van der Waals surface area (Å²) < 4.78 is 146. The Balaban J connectivity index is 1.61. The van der Waals surface area contributed by atoms with Crippen LogP contribution in [0.3, 0.4) is 0 Å². The normalized spacial score (nSPS) is 12.0. The van der Waals surface area contributed by atoms with Gasteiger partial charge >= 0.3 is 12.5 Å². The van der Waals surface area contributed by atoms with Gasteiger partial charge < -0.3 is 9.47 Å². The van der Waals surface area contributed by atoms with Crippen LogP contribution >= 0.6 is 0 Å². The highest BCUT2D eigenvalue weighted by Crippen LogP contribution is 2.40. The fourth-order valence-electron chi connectivity index (χ4n) is 4.10. The molecule has 0 amide bonds. The number of benzene rings is 4. The van der Waals surface area contributed by atoms with E-state index < -0.39 is 64.2 Å². The van der Waals surface area contributed by atoms with Gasteiger partial charge in [-0.25, -0.2) is 22.0 Å². The first-order valence-electron chi connectivity index (χ1n) is 11.9. The van der Waals surface area contributed by atoms with Gasteiger partial charge in [0.1, 0.15) is 28.8 Å². The van der Waals surface area contributed by atoms with Crippen LogP contribution in [0.5, 0.6) is 11.5 Å². The maximum Gasteiger partial charge on any atom is 0.573 e. The quantitative estimate of drug-likeness (QED) is 0.191. The van der Waals surface area contributed by atoms with E-state index in [0.29, 0.717) is 23.3 Å². The standard InChI is InChI=1S/C29H18F10O2/c1-2-3-15-4-6-16(7-5-15)17-8-9-20(21(30)10-17)18-11-22(31)26(23(32)12-18)28(35,36)40-19-13-24(33)27(25(34)14-19)41-29(37,38)39/h4-14H,2-3H2,1H3. The van der Waals surface area contributed by atoms with Crippen molar-refractivity contribution < 1.29 is 53.4 Å². The van der Waals surface area contributed by atoms with Gasteiger partial charge in [-0.1, -0.05) is 49.7 Å². The molecule has 0 spiro atoms. The summed E-state index contributed by atoms with van der Waals surface area (Å²) in [7, 11) is 0. The van der Waals surface area contributed by atoms with Crippen LogP contribution in [0.25, 0.3) is 22.3 Å². The van der Waals surface area contributed by atoms with Gasteiger partial charge in [0.15, 0.2) is 11.6 Å². The van der Waals surface area contributed by atoms with E-state index in [1.807, 2.05) is 19.1 Å². The summed E-state index contributed by atoms with van der Waals surface area (Å²) in [4.78, 5) is 0. The predicted molar refractivity (Wildman–Crippen MR) is 129 cm³/mol. The number of halogens is 10. The molecule has 0 aliphatic rings. The molecule has 4 rings (SSSR count). The molecular weight excluding hydrogens is 570 g/mol. The maximum atomic E-state index is 14.9. The smallest absolute Gasteiger partial charge is 0.429 e. The SMILES string of the molecule is CCCc1ccc(-c2ccc(-c3cc(F)c(C(F)(F)Oc4cc(F)c(OC(F)(F)F)c(F)c4)c(F)c3)c(F)c2)cc1. The summed E-state index contributed by atoms with van der Waals surface area (Å²) in [5, 5.41) is 0. The lowest BCUT2D eigenvalue weighted by atomic mass is 9.97. The molecule has 0 N–H and O–H groups in total. The Hall–Kier alpha value is -4.22. The van der Waals surface area contributed by atoms with E-state index in [9.17, 15) is 43.9 Å². The first-order chi connectivity index (χ1) is 19.2. The third-order valence-electron chi connectivity index (χ3n) is 5.87. The summed E-state index contributed by atoms with van der Waals surface area (Å²) in [6, 6.07) is 11.8. The number of alkyl halides is 5. The molecule has 0 bridgehead atoms. The van der Waals surface area contributed by atoms with E-state index in [0.717, 1.165) is 24.5 Å². The molecule has 0 saturated heterocycles. The van der Waals surface area contributed by atoms with Crippen LogP contribution < -0.4 is 9.47 Å². The molecule has 4 aromatic carbocycles. The minimum atomic E-state index is -5.50. The highest BCUT2D eigenvalue weighted by molar-refractivity contribution is 5.71. The summed E-state index contributed by atoms with van der Waals surface area (Å²) in [6.45, 7) is 2.02. The van der Waals surface area contributed by atoms with Gasteiger partial charge in [0, 0.05) is 17.7 Å². The number of aryl methyl sites for hydroxylation is 1. The molecule has 0 atom stereocenters. The van der Waals surface area contributed by atoms with Gasteiger partial charge in [-0.2, -0.15) is 8.78 Å². The second-order valence-electron chi connectivity index (χ2n) is 8.84. The van der Waals surface area contributed by atoms with Gasteiger partial charge in [-0.15, -0.1) is 13.2 Å². The fraction of sp³-hybridized carbons (Fsp3) is 0.172. The molecule has 0 aromatic heterocycles. The van der Waals surface area contributed by atoms with Crippen molar-refractivity contribution >= 4 is 0 Å². The van der Waals surface area contributed by atoms with Crippen LogP contribution in [0.2, 0.25) is 0 Å². The van der Waals surface area contributed by atoms with Gasteiger partial charge in [-0.05, 0) is 46.9 Å². The van der Waals surface area contributed by atoms with Crippen molar-refractivity contribution in [3.63, 3.8) is 0 Å². The monoisotopic (exact) mass is 588 g/mol. The second kappa shape index (κ2) is 11.3. The highest BCUT2D eigenvalue weighted by atomic mass is 19.4. The van der Waals surface area contributed by atoms with Gasteiger partial charge in [0.05, 0.1) is 0 Å². The number of rotatable bonds is 8. The molecule has 0 saturated carbocycles. The summed E-state index contributed by atoms with van der Waals surface area (Å²) in [5.41, 5.74) is -0.518. The van der Waals surface area contributed by atoms with E-state index in [1.165, 1.54) is 12.1 Å². The van der Waals surface area contributed by atoms with Crippen LogP contribution in [0.4, 0.5) is 43.9 Å². The van der Waals surface area contributed by atoms with E-state index in [1.54, 1.807) is 12.1 Å². The fourth-order valence-corrected chi connectivity index (χ4v) is 4.10. The second-order valence-corrected chi connectivity index (χ2v) is 8.84. The first kappa shape index (κ1) is 29.8. The maximum absolute atomic E-state index is 14.9.